The molecule has 2 heterocycles. The van der Waals surface area contributed by atoms with Crippen LogP contribution in [0.15, 0.2) is 47.1 Å². The van der Waals surface area contributed by atoms with E-state index in [2.05, 4.69) is 36.2 Å². The molecule has 3 rings (SSSR count). The first kappa shape index (κ1) is 17.8. The number of anilines is 1. The second kappa shape index (κ2) is 6.71. The van der Waals surface area contributed by atoms with Gasteiger partial charge in [-0.2, -0.15) is 4.39 Å². The van der Waals surface area contributed by atoms with Crippen LogP contribution >= 0.6 is 0 Å². The summed E-state index contributed by atoms with van der Waals surface area (Å²) in [6.07, 6.45) is 1.55. The van der Waals surface area contributed by atoms with Crippen LogP contribution in [0.4, 0.5) is 10.1 Å². The highest BCUT2D eigenvalue weighted by Gasteiger charge is 2.24. The molecule has 6 heteroatoms. The smallest absolute Gasteiger partial charge is 0.297 e. The van der Waals surface area contributed by atoms with Gasteiger partial charge in [-0.3, -0.25) is 9.78 Å². The maximum absolute atomic E-state index is 14.6. The Balaban J connectivity index is 1.81. The number of benzene rings is 1. The van der Waals surface area contributed by atoms with Gasteiger partial charge in [0.1, 0.15) is 0 Å². The van der Waals surface area contributed by atoms with Crippen LogP contribution in [-0.4, -0.2) is 16.0 Å². The van der Waals surface area contributed by atoms with E-state index in [9.17, 15) is 9.18 Å². The van der Waals surface area contributed by atoms with E-state index in [1.165, 1.54) is 0 Å². The predicted molar refractivity (Wildman–Crippen MR) is 97.5 cm³/mol. The summed E-state index contributed by atoms with van der Waals surface area (Å²) in [6, 6.07) is 10.9. The molecule has 0 unspecified atom stereocenters. The SMILES string of the molecule is Cc1ccnc(-c2noc(C(=O)Nc3ccc(C(C)(C)C)cc3)c2F)c1. The summed E-state index contributed by atoms with van der Waals surface area (Å²) in [7, 11) is 0. The lowest BCUT2D eigenvalue weighted by atomic mass is 9.87. The highest BCUT2D eigenvalue weighted by Crippen LogP contribution is 2.25. The third kappa shape index (κ3) is 3.64. The molecular weight excluding hydrogens is 333 g/mol. The second-order valence-electron chi connectivity index (χ2n) is 7.17. The third-order valence-corrected chi connectivity index (χ3v) is 4.01. The molecule has 0 radical (unpaired) electrons. The van der Waals surface area contributed by atoms with Crippen molar-refractivity contribution in [1.29, 1.82) is 0 Å². The Labute approximate surface area is 151 Å². The van der Waals surface area contributed by atoms with E-state index in [0.717, 1.165) is 11.1 Å². The number of amides is 1. The van der Waals surface area contributed by atoms with Gasteiger partial charge in [0, 0.05) is 11.9 Å². The topological polar surface area (TPSA) is 68.0 Å². The summed E-state index contributed by atoms with van der Waals surface area (Å²) in [6.45, 7) is 8.17. The van der Waals surface area contributed by atoms with Crippen LogP contribution in [0.5, 0.6) is 0 Å². The normalized spacial score (nSPS) is 11.4. The number of hydrogen-bond donors (Lipinski definition) is 1. The monoisotopic (exact) mass is 353 g/mol. The fourth-order valence-electron chi connectivity index (χ4n) is 2.49. The van der Waals surface area contributed by atoms with E-state index in [1.807, 2.05) is 19.1 Å². The van der Waals surface area contributed by atoms with Crippen molar-refractivity contribution in [2.45, 2.75) is 33.1 Å². The number of nitrogens with one attached hydrogen (secondary N) is 1. The van der Waals surface area contributed by atoms with Crippen LogP contribution in [0.25, 0.3) is 11.4 Å². The summed E-state index contributed by atoms with van der Waals surface area (Å²) >= 11 is 0. The number of aromatic nitrogens is 2. The zero-order valence-electron chi connectivity index (χ0n) is 15.1. The maximum atomic E-state index is 14.6. The summed E-state index contributed by atoms with van der Waals surface area (Å²) in [5, 5.41) is 6.28. The van der Waals surface area contributed by atoms with Gasteiger partial charge in [0.2, 0.25) is 5.82 Å². The van der Waals surface area contributed by atoms with E-state index >= 15 is 0 Å². The van der Waals surface area contributed by atoms with Gasteiger partial charge in [0.25, 0.3) is 11.7 Å². The lowest BCUT2D eigenvalue weighted by Crippen LogP contribution is -2.14. The number of rotatable bonds is 3. The number of aryl methyl sites for hydroxylation is 1. The standard InChI is InChI=1S/C20H20FN3O2/c1-12-9-10-22-15(11-12)17-16(21)18(26-24-17)19(25)23-14-7-5-13(6-8-14)20(2,3)4/h5-11H,1-4H3,(H,23,25). The van der Waals surface area contributed by atoms with E-state index in [0.29, 0.717) is 11.4 Å². The highest BCUT2D eigenvalue weighted by molar-refractivity contribution is 6.02. The van der Waals surface area contributed by atoms with Gasteiger partial charge < -0.3 is 9.84 Å². The lowest BCUT2D eigenvalue weighted by Gasteiger charge is -2.19. The molecule has 3 aromatic rings. The minimum absolute atomic E-state index is 0.00922. The van der Waals surface area contributed by atoms with Crippen molar-refractivity contribution < 1.29 is 13.7 Å². The zero-order chi connectivity index (χ0) is 18.9. The molecule has 0 aliphatic rings. The molecule has 26 heavy (non-hydrogen) atoms. The number of nitrogens with zero attached hydrogens (tertiary/aromatic N) is 2. The fraction of sp³-hybridized carbons (Fsp3) is 0.250. The van der Waals surface area contributed by atoms with Gasteiger partial charge in [-0.05, 0) is 47.7 Å². The van der Waals surface area contributed by atoms with Crippen molar-refractivity contribution >= 4 is 11.6 Å². The van der Waals surface area contributed by atoms with Crippen molar-refractivity contribution in [3.8, 4) is 11.4 Å². The number of carbonyl (C=O) groups is 1. The molecule has 0 saturated carbocycles. The molecule has 1 amide bonds. The van der Waals surface area contributed by atoms with Crippen molar-refractivity contribution in [1.82, 2.24) is 10.1 Å². The Bertz CT molecular complexity index is 940. The van der Waals surface area contributed by atoms with Gasteiger partial charge in [0.15, 0.2) is 5.69 Å². The van der Waals surface area contributed by atoms with Crippen molar-refractivity contribution in [2.75, 3.05) is 5.32 Å². The number of hydrogen-bond acceptors (Lipinski definition) is 4. The predicted octanol–water partition coefficient (Wildman–Crippen LogP) is 4.73. The Kier molecular flexibility index (Phi) is 4.59. The number of pyridine rings is 1. The molecule has 1 aromatic carbocycles. The minimum Gasteiger partial charge on any atom is -0.347 e. The summed E-state index contributed by atoms with van der Waals surface area (Å²) in [5.74, 6) is -1.99. The Morgan fingerprint density at radius 3 is 2.46 bits per heavy atom. The van der Waals surface area contributed by atoms with Crippen molar-refractivity contribution in [3.05, 3.63) is 65.3 Å². The Hall–Kier alpha value is -3.02. The van der Waals surface area contributed by atoms with Gasteiger partial charge in [-0.1, -0.05) is 38.1 Å². The van der Waals surface area contributed by atoms with E-state index in [4.69, 9.17) is 4.52 Å². The fourth-order valence-corrected chi connectivity index (χ4v) is 2.49. The van der Waals surface area contributed by atoms with Crippen molar-refractivity contribution in [3.63, 3.8) is 0 Å². The van der Waals surface area contributed by atoms with Crippen LogP contribution in [-0.2, 0) is 5.41 Å². The van der Waals surface area contributed by atoms with Crippen LogP contribution in [0.2, 0.25) is 0 Å². The van der Waals surface area contributed by atoms with Gasteiger partial charge >= 0.3 is 0 Å². The average molecular weight is 353 g/mol. The maximum Gasteiger partial charge on any atom is 0.297 e. The van der Waals surface area contributed by atoms with Crippen LogP contribution in [0.3, 0.4) is 0 Å². The first-order valence-electron chi connectivity index (χ1n) is 8.26. The molecule has 0 fully saturated rings. The third-order valence-electron chi connectivity index (χ3n) is 4.01. The molecule has 0 saturated heterocycles. The first-order chi connectivity index (χ1) is 12.3. The van der Waals surface area contributed by atoms with E-state index < -0.39 is 17.5 Å². The lowest BCUT2D eigenvalue weighted by molar-refractivity contribution is 0.0982. The molecule has 0 atom stereocenters. The average Bonchev–Trinajstić information content (AvgIpc) is 2.96. The van der Waals surface area contributed by atoms with E-state index in [1.54, 1.807) is 30.5 Å². The molecule has 0 aliphatic heterocycles. The first-order valence-corrected chi connectivity index (χ1v) is 8.26. The highest BCUT2D eigenvalue weighted by atomic mass is 19.1. The molecule has 5 nitrogen and oxygen atoms in total. The van der Waals surface area contributed by atoms with Gasteiger partial charge in [-0.15, -0.1) is 0 Å². The van der Waals surface area contributed by atoms with Crippen LogP contribution in [0.1, 0.15) is 42.5 Å². The zero-order valence-corrected chi connectivity index (χ0v) is 15.1. The molecule has 0 aliphatic carbocycles. The largest absolute Gasteiger partial charge is 0.347 e. The molecule has 134 valence electrons. The van der Waals surface area contributed by atoms with Crippen LogP contribution < -0.4 is 5.32 Å². The van der Waals surface area contributed by atoms with E-state index in [-0.39, 0.29) is 11.1 Å². The second-order valence-corrected chi connectivity index (χ2v) is 7.17. The molecular formula is C20H20FN3O2. The Morgan fingerprint density at radius 1 is 1.15 bits per heavy atom. The molecule has 2 aromatic heterocycles. The molecule has 1 N–H and O–H groups in total. The summed E-state index contributed by atoms with van der Waals surface area (Å²) in [5.41, 5.74) is 2.84. The quantitative estimate of drug-likeness (QED) is 0.739. The molecule has 0 spiro atoms. The number of halogens is 1. The Morgan fingerprint density at radius 2 is 1.85 bits per heavy atom. The van der Waals surface area contributed by atoms with Gasteiger partial charge in [0.05, 0.1) is 5.69 Å². The minimum atomic E-state index is -0.827. The number of carbonyl (C=O) groups excluding carboxylic acids is 1. The summed E-state index contributed by atoms with van der Waals surface area (Å²) in [4.78, 5) is 16.4. The van der Waals surface area contributed by atoms with Crippen LogP contribution in [0, 0.1) is 12.7 Å². The molecule has 0 bridgehead atoms. The van der Waals surface area contributed by atoms with Gasteiger partial charge in [-0.25, -0.2) is 0 Å². The summed E-state index contributed by atoms with van der Waals surface area (Å²) < 4.78 is 19.5. The van der Waals surface area contributed by atoms with Crippen molar-refractivity contribution in [2.24, 2.45) is 0 Å².